The molecular formula is C8H9BF3KO. The van der Waals surface area contributed by atoms with E-state index in [0.29, 0.717) is 5.75 Å². The molecule has 0 atom stereocenters. The Bertz CT molecular complexity index is 290. The van der Waals surface area contributed by atoms with Gasteiger partial charge in [0.2, 0.25) is 0 Å². The van der Waals surface area contributed by atoms with E-state index in [2.05, 4.69) is 0 Å². The molecule has 0 unspecified atom stereocenters. The molecule has 1 rings (SSSR count). The Hall–Kier alpha value is 0.511. The van der Waals surface area contributed by atoms with E-state index in [4.69, 9.17) is 4.74 Å². The fourth-order valence-electron chi connectivity index (χ4n) is 1.07. The number of ether oxygens (including phenoxy) is 1. The molecule has 0 fully saturated rings. The first-order valence-corrected chi connectivity index (χ1v) is 3.85. The first-order chi connectivity index (χ1) is 6.01. The molecule has 0 bridgehead atoms. The minimum atomic E-state index is -4.76. The van der Waals surface area contributed by atoms with Gasteiger partial charge in [-0.2, -0.15) is 0 Å². The molecule has 0 aliphatic rings. The van der Waals surface area contributed by atoms with E-state index < -0.39 is 13.3 Å². The van der Waals surface area contributed by atoms with Gasteiger partial charge in [-0.25, -0.2) is 0 Å². The van der Waals surface area contributed by atoms with Gasteiger partial charge in [-0.1, -0.05) is 24.0 Å². The molecule has 0 saturated heterocycles. The summed E-state index contributed by atoms with van der Waals surface area (Å²) in [6, 6.07) is 6.01. The van der Waals surface area contributed by atoms with Crippen LogP contribution in [0.1, 0.15) is 5.56 Å². The number of benzene rings is 1. The van der Waals surface area contributed by atoms with E-state index in [-0.39, 0.29) is 56.9 Å². The first-order valence-electron chi connectivity index (χ1n) is 3.85. The van der Waals surface area contributed by atoms with E-state index >= 15 is 0 Å². The van der Waals surface area contributed by atoms with Crippen LogP contribution in [0.3, 0.4) is 0 Å². The molecule has 72 valence electrons. The fourth-order valence-corrected chi connectivity index (χ4v) is 1.07. The van der Waals surface area contributed by atoms with Crippen LogP contribution in [0.4, 0.5) is 12.9 Å². The zero-order valence-corrected chi connectivity index (χ0v) is 11.3. The third kappa shape index (κ3) is 5.41. The number of hydrogen-bond donors (Lipinski definition) is 0. The normalized spacial score (nSPS) is 10.6. The van der Waals surface area contributed by atoms with Crippen molar-refractivity contribution >= 4 is 6.98 Å². The predicted molar refractivity (Wildman–Crippen MR) is 45.8 cm³/mol. The molecule has 0 N–H and O–H groups in total. The van der Waals surface area contributed by atoms with E-state index in [9.17, 15) is 12.9 Å². The third-order valence-corrected chi connectivity index (χ3v) is 1.60. The molecule has 0 radical (unpaired) electrons. The first kappa shape index (κ1) is 14.5. The molecule has 1 aromatic rings. The Morgan fingerprint density at radius 2 is 1.93 bits per heavy atom. The zero-order valence-electron chi connectivity index (χ0n) is 8.14. The molecule has 6 heteroatoms. The van der Waals surface area contributed by atoms with Crippen LogP contribution in [0.25, 0.3) is 0 Å². The smallest absolute Gasteiger partial charge is 0.497 e. The second kappa shape index (κ2) is 6.17. The molecule has 0 aromatic heterocycles. The van der Waals surface area contributed by atoms with Crippen LogP contribution in [-0.4, -0.2) is 14.1 Å². The number of halogens is 3. The second-order valence-electron chi connectivity index (χ2n) is 2.77. The van der Waals surface area contributed by atoms with Crippen molar-refractivity contribution in [2.45, 2.75) is 6.32 Å². The van der Waals surface area contributed by atoms with Crippen LogP contribution in [0.2, 0.25) is 0 Å². The Morgan fingerprint density at radius 1 is 1.29 bits per heavy atom. The Balaban J connectivity index is 0.00000169. The van der Waals surface area contributed by atoms with Crippen molar-refractivity contribution in [3.8, 4) is 5.75 Å². The van der Waals surface area contributed by atoms with Crippen molar-refractivity contribution in [2.24, 2.45) is 0 Å². The topological polar surface area (TPSA) is 9.23 Å². The van der Waals surface area contributed by atoms with Crippen LogP contribution >= 0.6 is 0 Å². The van der Waals surface area contributed by atoms with Gasteiger partial charge in [0.25, 0.3) is 0 Å². The van der Waals surface area contributed by atoms with Gasteiger partial charge < -0.3 is 17.7 Å². The van der Waals surface area contributed by atoms with E-state index in [1.807, 2.05) is 0 Å². The van der Waals surface area contributed by atoms with E-state index in [1.165, 1.54) is 19.2 Å². The summed E-state index contributed by atoms with van der Waals surface area (Å²) in [5, 5.41) is 0. The molecule has 0 amide bonds. The maximum atomic E-state index is 12.0. The maximum absolute atomic E-state index is 12.0. The molecule has 0 heterocycles. The Labute approximate surface area is 123 Å². The van der Waals surface area contributed by atoms with Crippen molar-refractivity contribution in [1.29, 1.82) is 0 Å². The van der Waals surface area contributed by atoms with Gasteiger partial charge in [0.15, 0.2) is 0 Å². The van der Waals surface area contributed by atoms with Crippen LogP contribution in [0, 0.1) is 0 Å². The minimum Gasteiger partial charge on any atom is -0.497 e. The summed E-state index contributed by atoms with van der Waals surface area (Å²) in [7, 11) is 1.43. The summed E-state index contributed by atoms with van der Waals surface area (Å²) in [4.78, 5) is 0. The molecule has 0 aliphatic carbocycles. The van der Waals surface area contributed by atoms with Crippen molar-refractivity contribution in [3.63, 3.8) is 0 Å². The summed E-state index contributed by atoms with van der Waals surface area (Å²) >= 11 is 0. The van der Waals surface area contributed by atoms with E-state index in [0.717, 1.165) is 0 Å². The van der Waals surface area contributed by atoms with Gasteiger partial charge in [0, 0.05) is 0 Å². The molecule has 0 saturated carbocycles. The summed E-state index contributed by atoms with van der Waals surface area (Å²) in [6.45, 7) is -4.76. The van der Waals surface area contributed by atoms with Gasteiger partial charge in [-0.05, 0) is 12.1 Å². The standard InChI is InChI=1S/C8H9BF3O.K/c1-13-8-4-2-3-7(5-8)6-9(10,11)12;/h2-5H,6H2,1H3;/q-1;+1. The van der Waals surface area contributed by atoms with Crippen LogP contribution < -0.4 is 56.1 Å². The van der Waals surface area contributed by atoms with Crippen molar-refractivity contribution in [1.82, 2.24) is 0 Å². The molecule has 14 heavy (non-hydrogen) atoms. The van der Waals surface area contributed by atoms with Gasteiger partial charge in [0.05, 0.1) is 7.11 Å². The molecular weight excluding hydrogens is 219 g/mol. The molecule has 1 nitrogen and oxygen atoms in total. The number of methoxy groups -OCH3 is 1. The summed E-state index contributed by atoms with van der Waals surface area (Å²) < 4.78 is 40.8. The van der Waals surface area contributed by atoms with Gasteiger partial charge in [-0.15, -0.1) is 0 Å². The third-order valence-electron chi connectivity index (χ3n) is 1.60. The Morgan fingerprint density at radius 3 is 2.43 bits per heavy atom. The van der Waals surface area contributed by atoms with Gasteiger partial charge in [0.1, 0.15) is 5.75 Å². The molecule has 1 aromatic carbocycles. The van der Waals surface area contributed by atoms with Gasteiger partial charge >= 0.3 is 58.4 Å². The quantitative estimate of drug-likeness (QED) is 0.641. The monoisotopic (exact) mass is 228 g/mol. The zero-order chi connectivity index (χ0) is 9.90. The van der Waals surface area contributed by atoms with Crippen molar-refractivity contribution in [2.75, 3.05) is 7.11 Å². The number of rotatable bonds is 3. The molecule has 0 spiro atoms. The van der Waals surface area contributed by atoms with Crippen LogP contribution in [0.15, 0.2) is 24.3 Å². The molecule has 0 aliphatic heterocycles. The average molecular weight is 228 g/mol. The summed E-state index contributed by atoms with van der Waals surface area (Å²) in [5.74, 6) is 0.456. The largest absolute Gasteiger partial charge is 1.00 e. The summed E-state index contributed by atoms with van der Waals surface area (Å²) in [5.41, 5.74) is 0.242. The van der Waals surface area contributed by atoms with Crippen LogP contribution in [-0.2, 0) is 6.32 Å². The Kier molecular flexibility index (Phi) is 6.40. The van der Waals surface area contributed by atoms with Crippen LogP contribution in [0.5, 0.6) is 5.75 Å². The predicted octanol–water partition coefficient (Wildman–Crippen LogP) is -0.372. The minimum absolute atomic E-state index is 0. The van der Waals surface area contributed by atoms with E-state index in [1.54, 1.807) is 12.1 Å². The number of hydrogen-bond acceptors (Lipinski definition) is 1. The SMILES string of the molecule is COc1cccc(C[B-](F)(F)F)c1.[K+]. The van der Waals surface area contributed by atoms with Crippen molar-refractivity contribution < 1.29 is 69.1 Å². The van der Waals surface area contributed by atoms with Gasteiger partial charge in [-0.3, -0.25) is 0 Å². The maximum Gasteiger partial charge on any atom is 1.00 e. The fraction of sp³-hybridized carbons (Fsp3) is 0.250. The average Bonchev–Trinajstić information content (AvgIpc) is 2.01. The van der Waals surface area contributed by atoms with Crippen molar-refractivity contribution in [3.05, 3.63) is 29.8 Å². The second-order valence-corrected chi connectivity index (χ2v) is 2.77. The summed E-state index contributed by atoms with van der Waals surface area (Å²) in [6.07, 6.45) is -0.850.